The Morgan fingerprint density at radius 1 is 1.04 bits per heavy atom. The van der Waals surface area contributed by atoms with Crippen LogP contribution in [-0.2, 0) is 4.79 Å². The van der Waals surface area contributed by atoms with Gasteiger partial charge in [0, 0.05) is 0 Å². The molecule has 0 saturated carbocycles. The van der Waals surface area contributed by atoms with Crippen LogP contribution >= 0.6 is 11.8 Å². The monoisotopic (exact) mass is 339 g/mol. The summed E-state index contributed by atoms with van der Waals surface area (Å²) in [7, 11) is 0. The number of nitrogens with one attached hydrogen (secondary N) is 1. The summed E-state index contributed by atoms with van der Waals surface area (Å²) >= 11 is 0.858. The zero-order valence-corrected chi connectivity index (χ0v) is 13.6. The summed E-state index contributed by atoms with van der Waals surface area (Å²) in [6.07, 6.45) is 1.61. The molecule has 1 N–H and O–H groups in total. The molecule has 0 aromatic heterocycles. The quantitative estimate of drug-likeness (QED) is 0.526. The highest BCUT2D eigenvalue weighted by Gasteiger charge is 2.24. The molecule has 3 rings (SSSR count). The van der Waals surface area contributed by atoms with Crippen molar-refractivity contribution in [3.05, 3.63) is 70.1 Å². The maximum absolute atomic E-state index is 12.0. The normalized spacial score (nSPS) is 15.5. The molecule has 0 atom stereocenters. The number of amides is 2. The maximum Gasteiger partial charge on any atom is 0.343 e. The lowest BCUT2D eigenvalue weighted by molar-refractivity contribution is -0.115. The zero-order chi connectivity index (χ0) is 17.1. The topological polar surface area (TPSA) is 72.5 Å². The van der Waals surface area contributed by atoms with Gasteiger partial charge in [-0.3, -0.25) is 14.9 Å². The van der Waals surface area contributed by atoms with Crippen LogP contribution in [0.25, 0.3) is 6.08 Å². The van der Waals surface area contributed by atoms with E-state index in [0.29, 0.717) is 16.2 Å². The molecule has 0 radical (unpaired) electrons. The molecule has 0 spiro atoms. The Kier molecular flexibility index (Phi) is 4.48. The van der Waals surface area contributed by atoms with Crippen LogP contribution < -0.4 is 10.1 Å². The summed E-state index contributed by atoms with van der Waals surface area (Å²) in [6.45, 7) is 1.94. The second kappa shape index (κ2) is 6.72. The number of ether oxygens (including phenoxy) is 1. The van der Waals surface area contributed by atoms with E-state index in [1.165, 1.54) is 0 Å². The minimum absolute atomic E-state index is 0.337. The van der Waals surface area contributed by atoms with Crippen LogP contribution in [0.5, 0.6) is 5.75 Å². The van der Waals surface area contributed by atoms with Gasteiger partial charge in [-0.15, -0.1) is 0 Å². The fraction of sp³-hybridized carbons (Fsp3) is 0.0556. The van der Waals surface area contributed by atoms with Crippen LogP contribution in [0.15, 0.2) is 53.4 Å². The van der Waals surface area contributed by atoms with E-state index in [2.05, 4.69) is 5.32 Å². The minimum Gasteiger partial charge on any atom is -0.423 e. The van der Waals surface area contributed by atoms with Gasteiger partial charge >= 0.3 is 5.97 Å². The molecule has 6 heteroatoms. The number of aryl methyl sites for hydroxylation is 1. The Balaban J connectivity index is 1.69. The molecular weight excluding hydrogens is 326 g/mol. The molecule has 1 aliphatic rings. The van der Waals surface area contributed by atoms with Crippen molar-refractivity contribution >= 4 is 35.0 Å². The fourth-order valence-electron chi connectivity index (χ4n) is 2.06. The van der Waals surface area contributed by atoms with E-state index in [-0.39, 0.29) is 5.24 Å². The van der Waals surface area contributed by atoms with Crippen molar-refractivity contribution in [1.29, 1.82) is 0 Å². The SMILES string of the molecule is Cc1ccc(C(=O)Oc2ccc(/C=C3\SC(=O)NC3=O)cc2)cc1. The number of carbonyl (C=O) groups is 3. The van der Waals surface area contributed by atoms with E-state index in [4.69, 9.17) is 4.74 Å². The van der Waals surface area contributed by atoms with Crippen molar-refractivity contribution in [3.63, 3.8) is 0 Å². The van der Waals surface area contributed by atoms with E-state index in [1.807, 2.05) is 19.1 Å². The first-order valence-electron chi connectivity index (χ1n) is 7.15. The standard InChI is InChI=1S/C18H13NO4S/c1-11-2-6-13(7-3-11)17(21)23-14-8-4-12(5-9-14)10-15-16(20)19-18(22)24-15/h2-10H,1H3,(H,19,20,22)/b15-10-. The first-order chi connectivity index (χ1) is 11.5. The second-order valence-electron chi connectivity index (χ2n) is 5.18. The second-order valence-corrected chi connectivity index (χ2v) is 6.19. The first kappa shape index (κ1) is 16.0. The molecule has 0 unspecified atom stereocenters. The number of hydrogen-bond donors (Lipinski definition) is 1. The van der Waals surface area contributed by atoms with Crippen molar-refractivity contribution in [1.82, 2.24) is 5.32 Å². The van der Waals surface area contributed by atoms with E-state index >= 15 is 0 Å². The van der Waals surface area contributed by atoms with Crippen LogP contribution in [0.4, 0.5) is 4.79 Å². The van der Waals surface area contributed by atoms with Crippen LogP contribution in [-0.4, -0.2) is 17.1 Å². The van der Waals surface area contributed by atoms with E-state index in [9.17, 15) is 14.4 Å². The molecule has 5 nitrogen and oxygen atoms in total. The van der Waals surface area contributed by atoms with Gasteiger partial charge in [0.2, 0.25) is 0 Å². The van der Waals surface area contributed by atoms with Gasteiger partial charge in [0.15, 0.2) is 0 Å². The number of carbonyl (C=O) groups excluding carboxylic acids is 3. The van der Waals surface area contributed by atoms with Gasteiger partial charge in [-0.05, 0) is 54.6 Å². The van der Waals surface area contributed by atoms with Crippen LogP contribution in [0.2, 0.25) is 0 Å². The molecular formula is C18H13NO4S. The van der Waals surface area contributed by atoms with Gasteiger partial charge in [-0.1, -0.05) is 29.8 Å². The zero-order valence-electron chi connectivity index (χ0n) is 12.7. The van der Waals surface area contributed by atoms with Gasteiger partial charge in [-0.25, -0.2) is 4.79 Å². The Morgan fingerprint density at radius 2 is 1.71 bits per heavy atom. The third-order valence-electron chi connectivity index (χ3n) is 3.32. The largest absolute Gasteiger partial charge is 0.423 e. The van der Waals surface area contributed by atoms with Gasteiger partial charge in [0.25, 0.3) is 11.1 Å². The molecule has 0 aliphatic carbocycles. The molecule has 120 valence electrons. The molecule has 2 amide bonds. The summed E-state index contributed by atoms with van der Waals surface area (Å²) in [5, 5.41) is 1.81. The Morgan fingerprint density at radius 3 is 2.29 bits per heavy atom. The molecule has 0 bridgehead atoms. The van der Waals surface area contributed by atoms with Crippen LogP contribution in [0.1, 0.15) is 21.5 Å². The van der Waals surface area contributed by atoms with Crippen LogP contribution in [0, 0.1) is 6.92 Å². The third kappa shape index (κ3) is 3.72. The van der Waals surface area contributed by atoms with E-state index in [0.717, 1.165) is 22.9 Å². The molecule has 1 aliphatic heterocycles. The number of esters is 1. The fourth-order valence-corrected chi connectivity index (χ4v) is 2.74. The number of rotatable bonds is 3. The first-order valence-corrected chi connectivity index (χ1v) is 7.97. The Hall–Kier alpha value is -2.86. The third-order valence-corrected chi connectivity index (χ3v) is 4.13. The summed E-state index contributed by atoms with van der Waals surface area (Å²) in [4.78, 5) is 35.0. The number of hydrogen-bond acceptors (Lipinski definition) is 5. The minimum atomic E-state index is -0.433. The van der Waals surface area contributed by atoms with Gasteiger partial charge < -0.3 is 4.74 Å². The van der Waals surface area contributed by atoms with Crippen molar-refractivity contribution in [3.8, 4) is 5.75 Å². The van der Waals surface area contributed by atoms with E-state index < -0.39 is 11.9 Å². The van der Waals surface area contributed by atoms with E-state index in [1.54, 1.807) is 42.5 Å². The average Bonchev–Trinajstić information content (AvgIpc) is 2.87. The summed E-state index contributed by atoms with van der Waals surface area (Å²) in [6, 6.07) is 13.8. The molecule has 1 heterocycles. The summed E-state index contributed by atoms with van der Waals surface area (Å²) < 4.78 is 5.31. The van der Waals surface area contributed by atoms with Crippen molar-refractivity contribution < 1.29 is 19.1 Å². The smallest absolute Gasteiger partial charge is 0.343 e. The lowest BCUT2D eigenvalue weighted by Crippen LogP contribution is -2.17. The highest BCUT2D eigenvalue weighted by atomic mass is 32.2. The van der Waals surface area contributed by atoms with Crippen molar-refractivity contribution in [2.75, 3.05) is 0 Å². The summed E-state index contributed by atoms with van der Waals surface area (Å²) in [5.41, 5.74) is 2.28. The highest BCUT2D eigenvalue weighted by Crippen LogP contribution is 2.26. The molecule has 2 aromatic carbocycles. The summed E-state index contributed by atoms with van der Waals surface area (Å²) in [5.74, 6) is -0.431. The highest BCUT2D eigenvalue weighted by molar-refractivity contribution is 8.18. The van der Waals surface area contributed by atoms with Gasteiger partial charge in [0.05, 0.1) is 10.5 Å². The predicted octanol–water partition coefficient (Wildman–Crippen LogP) is 3.54. The molecule has 1 fully saturated rings. The molecule has 1 saturated heterocycles. The van der Waals surface area contributed by atoms with Gasteiger partial charge in [-0.2, -0.15) is 0 Å². The molecule has 24 heavy (non-hydrogen) atoms. The number of benzene rings is 2. The van der Waals surface area contributed by atoms with Gasteiger partial charge in [0.1, 0.15) is 5.75 Å². The lowest BCUT2D eigenvalue weighted by atomic mass is 10.1. The maximum atomic E-state index is 12.0. The Bertz CT molecular complexity index is 838. The number of thioether (sulfide) groups is 1. The van der Waals surface area contributed by atoms with Crippen molar-refractivity contribution in [2.45, 2.75) is 6.92 Å². The average molecular weight is 339 g/mol. The lowest BCUT2D eigenvalue weighted by Gasteiger charge is -2.05. The Labute approximate surface area is 142 Å². The predicted molar refractivity (Wildman–Crippen MR) is 91.7 cm³/mol. The number of imide groups is 1. The molecule has 2 aromatic rings. The van der Waals surface area contributed by atoms with Crippen LogP contribution in [0.3, 0.4) is 0 Å². The van der Waals surface area contributed by atoms with Crippen molar-refractivity contribution in [2.24, 2.45) is 0 Å².